The summed E-state index contributed by atoms with van der Waals surface area (Å²) in [6, 6.07) is 7.79. The third-order valence-electron chi connectivity index (χ3n) is 12.0. The smallest absolute Gasteiger partial charge is 0.329 e. The SMILES string of the molecule is CCOC(=O)C1[C@@H]2C[C@H]3C4C[C@H](F)C5=CC(=O)C=C[C@]5(C)[C@@]4(F)[C@@H](O)C[C@]3(C)[C@]2(C(=O)CO)CN1C(=O)Cc1ccccc1. The molecule has 1 aromatic carbocycles. The van der Waals surface area contributed by atoms with Crippen LogP contribution in [0.3, 0.4) is 0 Å². The van der Waals surface area contributed by atoms with Gasteiger partial charge in [-0.1, -0.05) is 43.3 Å². The predicted molar refractivity (Wildman–Crippen MR) is 154 cm³/mol. The van der Waals surface area contributed by atoms with Gasteiger partial charge in [-0.25, -0.2) is 13.6 Å². The number of likely N-dealkylation sites (tertiary alicyclic amines) is 1. The first-order chi connectivity index (χ1) is 20.8. The van der Waals surface area contributed by atoms with E-state index in [0.717, 1.165) is 6.08 Å². The normalized spacial score (nSPS) is 42.1. The molecule has 4 aliphatic carbocycles. The van der Waals surface area contributed by atoms with Gasteiger partial charge in [-0.2, -0.15) is 0 Å². The van der Waals surface area contributed by atoms with Gasteiger partial charge in [0.1, 0.15) is 18.8 Å². The van der Waals surface area contributed by atoms with Crippen LogP contribution in [0.4, 0.5) is 8.78 Å². The van der Waals surface area contributed by atoms with Crippen LogP contribution in [0.5, 0.6) is 0 Å². The summed E-state index contributed by atoms with van der Waals surface area (Å²) >= 11 is 0. The van der Waals surface area contributed by atoms with Crippen molar-refractivity contribution in [1.29, 1.82) is 0 Å². The molecule has 2 unspecified atom stereocenters. The van der Waals surface area contributed by atoms with E-state index in [1.165, 1.54) is 24.0 Å². The van der Waals surface area contributed by atoms with Crippen LogP contribution < -0.4 is 0 Å². The summed E-state index contributed by atoms with van der Waals surface area (Å²) in [5, 5.41) is 22.1. The minimum atomic E-state index is -2.37. The van der Waals surface area contributed by atoms with E-state index < -0.39 is 88.0 Å². The lowest BCUT2D eigenvalue weighted by atomic mass is 9.43. The van der Waals surface area contributed by atoms with Crippen LogP contribution in [0.1, 0.15) is 45.6 Å². The molecular formula is C34H39F2NO7. The average Bonchev–Trinajstić information content (AvgIpc) is 3.46. The van der Waals surface area contributed by atoms with Crippen LogP contribution in [0.25, 0.3) is 0 Å². The number of carbonyl (C=O) groups excluding carboxylic acids is 4. The first-order valence-corrected chi connectivity index (χ1v) is 15.4. The quantitative estimate of drug-likeness (QED) is 0.475. The Kier molecular flexibility index (Phi) is 7.28. The molecule has 10 heteroatoms. The molecule has 0 bridgehead atoms. The van der Waals surface area contributed by atoms with Gasteiger partial charge in [-0.05, 0) is 67.7 Å². The van der Waals surface area contributed by atoms with Crippen LogP contribution >= 0.6 is 0 Å². The molecule has 1 saturated heterocycles. The summed E-state index contributed by atoms with van der Waals surface area (Å²) in [5.41, 5.74) is -5.98. The number of ketones is 2. The Balaban J connectivity index is 1.47. The molecule has 2 N–H and O–H groups in total. The van der Waals surface area contributed by atoms with E-state index in [4.69, 9.17) is 4.74 Å². The highest BCUT2D eigenvalue weighted by Crippen LogP contribution is 2.75. The highest BCUT2D eigenvalue weighted by atomic mass is 19.1. The lowest BCUT2D eigenvalue weighted by molar-refractivity contribution is -0.212. The van der Waals surface area contributed by atoms with Crippen molar-refractivity contribution >= 4 is 23.4 Å². The average molecular weight is 612 g/mol. The molecule has 1 aliphatic heterocycles. The first-order valence-electron chi connectivity index (χ1n) is 15.4. The molecule has 0 spiro atoms. The highest BCUT2D eigenvalue weighted by Gasteiger charge is 2.80. The Hall–Kier alpha value is -3.24. The largest absolute Gasteiger partial charge is 0.464 e. The van der Waals surface area contributed by atoms with Crippen molar-refractivity contribution in [3.63, 3.8) is 0 Å². The monoisotopic (exact) mass is 611 g/mol. The molecule has 10 atom stereocenters. The zero-order valence-corrected chi connectivity index (χ0v) is 25.2. The Morgan fingerprint density at radius 3 is 2.45 bits per heavy atom. The number of halogens is 2. The third kappa shape index (κ3) is 3.85. The fourth-order valence-corrected chi connectivity index (χ4v) is 10.1. The molecule has 5 aliphatic rings. The number of Topliss-reactive ketones (excluding diaryl/α,β-unsaturated/α-hetero) is 1. The fourth-order valence-electron chi connectivity index (χ4n) is 10.1. The van der Waals surface area contributed by atoms with Gasteiger partial charge in [0.25, 0.3) is 0 Å². The van der Waals surface area contributed by atoms with Gasteiger partial charge < -0.3 is 19.8 Å². The Morgan fingerprint density at radius 1 is 1.09 bits per heavy atom. The number of allylic oxidation sites excluding steroid dienone is 4. The van der Waals surface area contributed by atoms with Crippen LogP contribution in [0, 0.1) is 34.0 Å². The number of hydrogen-bond acceptors (Lipinski definition) is 7. The summed E-state index contributed by atoms with van der Waals surface area (Å²) < 4.78 is 39.1. The van der Waals surface area contributed by atoms with Gasteiger partial charge in [0.2, 0.25) is 5.91 Å². The molecule has 0 aromatic heterocycles. The van der Waals surface area contributed by atoms with E-state index in [0.29, 0.717) is 5.56 Å². The van der Waals surface area contributed by atoms with Crippen molar-refractivity contribution < 1.29 is 42.9 Å². The number of hydrogen-bond donors (Lipinski definition) is 2. The highest BCUT2D eigenvalue weighted by molar-refractivity contribution is 6.01. The number of carbonyl (C=O) groups is 4. The van der Waals surface area contributed by atoms with Crippen LogP contribution in [-0.2, 0) is 30.3 Å². The van der Waals surface area contributed by atoms with Gasteiger partial charge in [0.15, 0.2) is 17.2 Å². The molecule has 1 amide bonds. The van der Waals surface area contributed by atoms with Crippen LogP contribution in [-0.4, -0.2) is 82.3 Å². The van der Waals surface area contributed by atoms with Crippen molar-refractivity contribution in [2.24, 2.45) is 34.0 Å². The second-order valence-corrected chi connectivity index (χ2v) is 13.6. The molecule has 1 aromatic rings. The first kappa shape index (κ1) is 30.8. The number of esters is 1. The van der Waals surface area contributed by atoms with Gasteiger partial charge in [0, 0.05) is 23.8 Å². The second kappa shape index (κ2) is 10.4. The minimum absolute atomic E-state index is 0.00664. The van der Waals surface area contributed by atoms with E-state index in [1.54, 1.807) is 38.1 Å². The third-order valence-corrected chi connectivity index (χ3v) is 12.0. The Morgan fingerprint density at radius 2 is 1.80 bits per heavy atom. The molecule has 3 saturated carbocycles. The van der Waals surface area contributed by atoms with E-state index in [2.05, 4.69) is 0 Å². The number of fused-ring (bicyclic) bond motifs is 7. The molecule has 44 heavy (non-hydrogen) atoms. The minimum Gasteiger partial charge on any atom is -0.464 e. The van der Waals surface area contributed by atoms with E-state index >= 15 is 8.78 Å². The molecule has 8 nitrogen and oxygen atoms in total. The van der Waals surface area contributed by atoms with Crippen molar-refractivity contribution in [2.45, 2.75) is 70.4 Å². The number of amides is 1. The summed E-state index contributed by atoms with van der Waals surface area (Å²) in [6.07, 6.45) is -0.119. The number of nitrogens with zero attached hydrogens (tertiary/aromatic N) is 1. The number of aliphatic hydroxyl groups excluding tert-OH is 2. The number of benzene rings is 1. The Bertz CT molecular complexity index is 1460. The van der Waals surface area contributed by atoms with Crippen LogP contribution in [0.15, 0.2) is 54.1 Å². The van der Waals surface area contributed by atoms with E-state index in [1.807, 2.05) is 6.07 Å². The topological polar surface area (TPSA) is 121 Å². The zero-order valence-electron chi connectivity index (χ0n) is 25.2. The number of alkyl halides is 2. The number of aliphatic hydroxyl groups is 2. The lowest BCUT2D eigenvalue weighted by Crippen LogP contribution is -2.69. The van der Waals surface area contributed by atoms with Crippen LogP contribution in [0.2, 0.25) is 0 Å². The van der Waals surface area contributed by atoms with Crippen molar-refractivity contribution in [1.82, 2.24) is 4.90 Å². The molecule has 4 fully saturated rings. The standard InChI is InChI=1S/C34H39F2NO7/c1-4-44-30(43)29-24-14-21-22-15-25(35)23-13-20(39)10-11-31(23,2)34(22,36)26(40)16-32(21,3)33(24,27(41)17-38)18-37(29)28(42)12-19-8-6-5-7-9-19/h5-11,13,21-22,24-26,29,38,40H,4,12,14-18H2,1-3H3/t21-,22?,24-,25-,26-,29?,31-,32-,33+,34-/m0/s1. The zero-order chi connectivity index (χ0) is 31.8. The predicted octanol–water partition coefficient (Wildman–Crippen LogP) is 3.10. The molecule has 1 heterocycles. The van der Waals surface area contributed by atoms with Crippen molar-refractivity contribution in [3.8, 4) is 0 Å². The summed E-state index contributed by atoms with van der Waals surface area (Å²) in [5.74, 6) is -4.74. The lowest BCUT2D eigenvalue weighted by Gasteiger charge is -2.63. The van der Waals surface area contributed by atoms with E-state index in [9.17, 15) is 29.4 Å². The van der Waals surface area contributed by atoms with Gasteiger partial charge in [-0.3, -0.25) is 14.4 Å². The second-order valence-electron chi connectivity index (χ2n) is 13.6. The van der Waals surface area contributed by atoms with Gasteiger partial charge >= 0.3 is 5.97 Å². The maximum absolute atomic E-state index is 17.7. The molecule has 6 rings (SSSR count). The Labute approximate surface area is 255 Å². The van der Waals surface area contributed by atoms with Gasteiger partial charge in [0.05, 0.1) is 24.5 Å². The summed E-state index contributed by atoms with van der Waals surface area (Å²) in [6.45, 7) is 3.83. The fraction of sp³-hybridized carbons (Fsp3) is 0.588. The number of rotatable bonds is 6. The van der Waals surface area contributed by atoms with E-state index in [-0.39, 0.29) is 44.4 Å². The molecular weight excluding hydrogens is 572 g/mol. The van der Waals surface area contributed by atoms with Gasteiger partial charge in [-0.15, -0.1) is 0 Å². The molecule has 0 radical (unpaired) electrons. The summed E-state index contributed by atoms with van der Waals surface area (Å²) in [4.78, 5) is 55.0. The van der Waals surface area contributed by atoms with Crippen molar-refractivity contribution in [2.75, 3.05) is 19.8 Å². The van der Waals surface area contributed by atoms with Crippen molar-refractivity contribution in [3.05, 3.63) is 59.7 Å². The number of ether oxygens (including phenoxy) is 1. The molecule has 236 valence electrons. The maximum Gasteiger partial charge on any atom is 0.329 e. The summed E-state index contributed by atoms with van der Waals surface area (Å²) in [7, 11) is 0. The maximum atomic E-state index is 17.7.